The molecule has 4 atom stereocenters. The first-order valence-corrected chi connectivity index (χ1v) is 6.49. The summed E-state index contributed by atoms with van der Waals surface area (Å²) in [4.78, 5) is 13.1. The molecule has 0 aliphatic carbocycles. The van der Waals surface area contributed by atoms with Gasteiger partial charge in [0.1, 0.15) is 12.2 Å². The smallest absolute Gasteiger partial charge is 0.217 e. The number of carbonyl (C=O) groups is 1. The highest BCUT2D eigenvalue weighted by Crippen LogP contribution is 2.14. The highest BCUT2D eigenvalue weighted by atomic mass is 16.4. The van der Waals surface area contributed by atoms with Gasteiger partial charge in [0, 0.05) is 20.0 Å². The lowest BCUT2D eigenvalue weighted by Crippen LogP contribution is -2.52. The van der Waals surface area contributed by atoms with E-state index in [2.05, 4.69) is 12.2 Å². The number of rotatable bonds is 4. The molecule has 0 radical (unpaired) electrons. The number of unbranched alkanes of at least 4 members (excludes halogenated alkanes) is 1. The lowest BCUT2D eigenvalue weighted by molar-refractivity contribution is -0.121. The topological polar surface area (TPSA) is 93.0 Å². The summed E-state index contributed by atoms with van der Waals surface area (Å²) in [5, 5.41) is 32.1. The zero-order valence-electron chi connectivity index (χ0n) is 11.0. The lowest BCUT2D eigenvalue weighted by atomic mass is 10.0. The van der Waals surface area contributed by atoms with Crippen LogP contribution in [0.4, 0.5) is 0 Å². The zero-order chi connectivity index (χ0) is 13.7. The summed E-state index contributed by atoms with van der Waals surface area (Å²) in [6.07, 6.45) is -1.35. The Balaban J connectivity index is 2.71. The van der Waals surface area contributed by atoms with E-state index in [9.17, 15) is 20.1 Å². The molecule has 0 aromatic rings. The largest absolute Gasteiger partial charge is 0.389 e. The maximum absolute atomic E-state index is 11.1. The molecule has 1 fully saturated rings. The number of hydrogen-bond acceptors (Lipinski definition) is 5. The first-order valence-electron chi connectivity index (χ1n) is 6.49. The highest BCUT2D eigenvalue weighted by Gasteiger charge is 2.37. The molecule has 1 saturated heterocycles. The molecule has 1 rings (SSSR count). The number of β-amino-alcohol motifs (C(OH)–C–C–N with tert-alkyl or cyclic N) is 1. The van der Waals surface area contributed by atoms with E-state index in [0.717, 1.165) is 19.4 Å². The van der Waals surface area contributed by atoms with E-state index in [-0.39, 0.29) is 5.91 Å². The highest BCUT2D eigenvalue weighted by molar-refractivity contribution is 5.73. The summed E-state index contributed by atoms with van der Waals surface area (Å²) in [7, 11) is 0. The van der Waals surface area contributed by atoms with Crippen LogP contribution in [0.3, 0.4) is 0 Å². The molecule has 106 valence electrons. The van der Waals surface area contributed by atoms with Crippen molar-refractivity contribution in [1.82, 2.24) is 10.2 Å². The third-order valence-corrected chi connectivity index (χ3v) is 3.27. The van der Waals surface area contributed by atoms with Crippen LogP contribution in [0.1, 0.15) is 26.7 Å². The van der Waals surface area contributed by atoms with Crippen LogP contribution in [0, 0.1) is 0 Å². The molecule has 1 amide bonds. The van der Waals surface area contributed by atoms with Gasteiger partial charge in [0.25, 0.3) is 0 Å². The molecular weight excluding hydrogens is 236 g/mol. The first-order chi connectivity index (χ1) is 8.45. The Hall–Kier alpha value is -0.690. The maximum Gasteiger partial charge on any atom is 0.217 e. The minimum absolute atomic E-state index is 0.252. The van der Waals surface area contributed by atoms with E-state index in [0.29, 0.717) is 13.1 Å². The molecule has 6 heteroatoms. The Labute approximate surface area is 108 Å². The van der Waals surface area contributed by atoms with Gasteiger partial charge < -0.3 is 20.6 Å². The second kappa shape index (κ2) is 7.04. The van der Waals surface area contributed by atoms with Crippen molar-refractivity contribution in [1.29, 1.82) is 0 Å². The monoisotopic (exact) mass is 260 g/mol. The molecule has 0 aromatic heterocycles. The van der Waals surface area contributed by atoms with Crippen LogP contribution >= 0.6 is 0 Å². The zero-order valence-corrected chi connectivity index (χ0v) is 11.0. The molecule has 4 N–H and O–H groups in total. The standard InChI is InChI=1S/C12H24N2O4/c1-3-4-5-14-6-9(13-8(2)15)11(17)12(18)10(16)7-14/h9-12,16-18H,3-7H2,1-2H3,(H,13,15)/t9-,10+,11+,12+/m0/s1. The number of aliphatic hydroxyl groups is 3. The van der Waals surface area contributed by atoms with Gasteiger partial charge in [0.05, 0.1) is 12.1 Å². The summed E-state index contributed by atoms with van der Waals surface area (Å²) in [6.45, 7) is 4.98. The van der Waals surface area contributed by atoms with E-state index in [1.165, 1.54) is 6.92 Å². The summed E-state index contributed by atoms with van der Waals surface area (Å²) in [6, 6.07) is -0.550. The summed E-state index contributed by atoms with van der Waals surface area (Å²) < 4.78 is 0. The third-order valence-electron chi connectivity index (χ3n) is 3.27. The van der Waals surface area contributed by atoms with Crippen LogP contribution < -0.4 is 5.32 Å². The number of likely N-dealkylation sites (tertiary alicyclic amines) is 1. The molecule has 0 unspecified atom stereocenters. The van der Waals surface area contributed by atoms with E-state index >= 15 is 0 Å². The molecule has 1 aliphatic rings. The average molecular weight is 260 g/mol. The van der Waals surface area contributed by atoms with E-state index in [1.54, 1.807) is 0 Å². The molecule has 6 nitrogen and oxygen atoms in total. The van der Waals surface area contributed by atoms with Crippen molar-refractivity contribution in [2.75, 3.05) is 19.6 Å². The Bertz CT molecular complexity index is 275. The summed E-state index contributed by atoms with van der Waals surface area (Å²) in [5.74, 6) is -0.252. The van der Waals surface area contributed by atoms with Gasteiger partial charge >= 0.3 is 0 Å². The normalized spacial score (nSPS) is 34.1. The quantitative estimate of drug-likeness (QED) is 0.504. The van der Waals surface area contributed by atoms with Gasteiger partial charge in [-0.25, -0.2) is 0 Å². The van der Waals surface area contributed by atoms with Gasteiger partial charge in [0.15, 0.2) is 0 Å². The van der Waals surface area contributed by atoms with Crippen molar-refractivity contribution < 1.29 is 20.1 Å². The van der Waals surface area contributed by atoms with Gasteiger partial charge in [0.2, 0.25) is 5.91 Å². The third kappa shape index (κ3) is 4.20. The average Bonchev–Trinajstić information content (AvgIpc) is 2.40. The fourth-order valence-corrected chi connectivity index (χ4v) is 2.26. The van der Waals surface area contributed by atoms with Crippen LogP contribution in [-0.4, -0.2) is 70.1 Å². The van der Waals surface area contributed by atoms with Crippen molar-refractivity contribution in [2.24, 2.45) is 0 Å². The first kappa shape index (κ1) is 15.4. The Morgan fingerprint density at radius 1 is 1.28 bits per heavy atom. The minimum atomic E-state index is -1.23. The van der Waals surface area contributed by atoms with Crippen LogP contribution in [-0.2, 0) is 4.79 Å². The number of nitrogens with zero attached hydrogens (tertiary/aromatic N) is 1. The fourth-order valence-electron chi connectivity index (χ4n) is 2.26. The Morgan fingerprint density at radius 2 is 1.94 bits per heavy atom. The Morgan fingerprint density at radius 3 is 2.50 bits per heavy atom. The van der Waals surface area contributed by atoms with E-state index < -0.39 is 24.4 Å². The lowest BCUT2D eigenvalue weighted by Gasteiger charge is -2.27. The molecular formula is C12H24N2O4. The second-order valence-electron chi connectivity index (χ2n) is 4.97. The number of nitrogens with one attached hydrogen (secondary N) is 1. The van der Waals surface area contributed by atoms with Crippen molar-refractivity contribution in [3.8, 4) is 0 Å². The molecule has 1 heterocycles. The van der Waals surface area contributed by atoms with Gasteiger partial charge in [-0.1, -0.05) is 13.3 Å². The van der Waals surface area contributed by atoms with Crippen LogP contribution in [0.25, 0.3) is 0 Å². The van der Waals surface area contributed by atoms with Crippen LogP contribution in [0.15, 0.2) is 0 Å². The Kier molecular flexibility index (Phi) is 6.01. The van der Waals surface area contributed by atoms with Gasteiger partial charge in [-0.05, 0) is 13.0 Å². The summed E-state index contributed by atoms with van der Waals surface area (Å²) >= 11 is 0. The maximum atomic E-state index is 11.1. The molecule has 0 aromatic carbocycles. The minimum Gasteiger partial charge on any atom is -0.389 e. The van der Waals surface area contributed by atoms with Crippen molar-refractivity contribution in [3.05, 3.63) is 0 Å². The molecule has 0 bridgehead atoms. The molecule has 1 aliphatic heterocycles. The van der Waals surface area contributed by atoms with Crippen molar-refractivity contribution in [2.45, 2.75) is 51.0 Å². The molecule has 0 saturated carbocycles. The van der Waals surface area contributed by atoms with Crippen LogP contribution in [0.2, 0.25) is 0 Å². The number of hydrogen-bond donors (Lipinski definition) is 4. The number of carbonyl (C=O) groups excluding carboxylic acids is 1. The molecule has 0 spiro atoms. The van der Waals surface area contributed by atoms with Gasteiger partial charge in [-0.2, -0.15) is 0 Å². The second-order valence-corrected chi connectivity index (χ2v) is 4.97. The summed E-state index contributed by atoms with van der Waals surface area (Å²) in [5.41, 5.74) is 0. The van der Waals surface area contributed by atoms with Gasteiger partial charge in [-0.15, -0.1) is 0 Å². The van der Waals surface area contributed by atoms with Crippen LogP contribution in [0.5, 0.6) is 0 Å². The number of aliphatic hydroxyl groups excluding tert-OH is 3. The fraction of sp³-hybridized carbons (Fsp3) is 0.917. The van der Waals surface area contributed by atoms with E-state index in [4.69, 9.17) is 0 Å². The van der Waals surface area contributed by atoms with Crippen molar-refractivity contribution in [3.63, 3.8) is 0 Å². The van der Waals surface area contributed by atoms with Crippen molar-refractivity contribution >= 4 is 5.91 Å². The molecule has 18 heavy (non-hydrogen) atoms. The number of amides is 1. The predicted molar refractivity (Wildman–Crippen MR) is 67.0 cm³/mol. The SMILES string of the molecule is CCCCN1C[C@@H](O)[C@@H](O)[C@H](O)[C@@H](NC(C)=O)C1. The van der Waals surface area contributed by atoms with Gasteiger partial charge in [-0.3, -0.25) is 9.69 Å². The van der Waals surface area contributed by atoms with E-state index in [1.807, 2.05) is 4.90 Å². The predicted octanol–water partition coefficient (Wildman–Crippen LogP) is -1.31.